The number of ether oxygens (including phenoxy) is 1. The first-order valence-corrected chi connectivity index (χ1v) is 7.33. The predicted molar refractivity (Wildman–Crippen MR) is 93.4 cm³/mol. The zero-order valence-electron chi connectivity index (χ0n) is 12.9. The fourth-order valence-corrected chi connectivity index (χ4v) is 2.63. The van der Waals surface area contributed by atoms with Crippen LogP contribution >= 0.6 is 0 Å². The highest BCUT2D eigenvalue weighted by Gasteiger charge is 2.07. The lowest BCUT2D eigenvalue weighted by Gasteiger charge is -2.14. The van der Waals surface area contributed by atoms with E-state index in [2.05, 4.69) is 30.4 Å². The van der Waals surface area contributed by atoms with Crippen LogP contribution in [0.15, 0.2) is 54.6 Å². The van der Waals surface area contributed by atoms with E-state index in [0.29, 0.717) is 0 Å². The van der Waals surface area contributed by atoms with Crippen molar-refractivity contribution in [2.75, 3.05) is 18.2 Å². The Morgan fingerprint density at radius 2 is 1.77 bits per heavy atom. The lowest BCUT2D eigenvalue weighted by Crippen LogP contribution is -2.04. The Kier molecular flexibility index (Phi) is 3.88. The number of hydrogen-bond acceptors (Lipinski definition) is 3. The second-order valence-corrected chi connectivity index (χ2v) is 5.38. The van der Waals surface area contributed by atoms with Crippen LogP contribution in [0.25, 0.3) is 10.8 Å². The van der Waals surface area contributed by atoms with Gasteiger partial charge in [-0.1, -0.05) is 24.3 Å². The third-order valence-corrected chi connectivity index (χ3v) is 4.04. The molecule has 0 atom stereocenters. The van der Waals surface area contributed by atoms with Crippen LogP contribution in [0.3, 0.4) is 0 Å². The topological polar surface area (TPSA) is 47.3 Å². The molecule has 3 aromatic rings. The highest BCUT2D eigenvalue weighted by atomic mass is 16.5. The van der Waals surface area contributed by atoms with Gasteiger partial charge in [0.15, 0.2) is 0 Å². The van der Waals surface area contributed by atoms with Gasteiger partial charge in [0.05, 0.1) is 7.11 Å². The smallest absolute Gasteiger partial charge is 0.119 e. The number of nitrogen functional groups attached to an aromatic ring is 1. The van der Waals surface area contributed by atoms with Crippen molar-refractivity contribution in [2.24, 2.45) is 0 Å². The summed E-state index contributed by atoms with van der Waals surface area (Å²) in [5, 5.41) is 5.73. The maximum atomic E-state index is 6.28. The summed E-state index contributed by atoms with van der Waals surface area (Å²) in [5.41, 5.74) is 10.6. The number of benzene rings is 3. The summed E-state index contributed by atoms with van der Waals surface area (Å²) in [6.45, 7) is 2.82. The molecule has 3 aromatic carbocycles. The average Bonchev–Trinajstić information content (AvgIpc) is 2.57. The summed E-state index contributed by atoms with van der Waals surface area (Å²) in [5.74, 6) is 0.858. The van der Waals surface area contributed by atoms with Crippen LogP contribution in [-0.2, 0) is 6.54 Å². The van der Waals surface area contributed by atoms with E-state index in [1.807, 2.05) is 36.4 Å². The Morgan fingerprint density at radius 1 is 1.05 bits per heavy atom. The van der Waals surface area contributed by atoms with Gasteiger partial charge in [-0.05, 0) is 53.8 Å². The lowest BCUT2D eigenvalue weighted by atomic mass is 9.99. The summed E-state index contributed by atoms with van der Waals surface area (Å²) in [6.07, 6.45) is 0. The molecule has 0 unspecified atom stereocenters. The van der Waals surface area contributed by atoms with E-state index in [-0.39, 0.29) is 0 Å². The van der Waals surface area contributed by atoms with Gasteiger partial charge in [0.1, 0.15) is 5.75 Å². The molecule has 3 heteroatoms. The molecule has 0 saturated heterocycles. The van der Waals surface area contributed by atoms with Gasteiger partial charge in [0.2, 0.25) is 0 Å². The minimum absolute atomic E-state index is 0.743. The average molecular weight is 292 g/mol. The van der Waals surface area contributed by atoms with Gasteiger partial charge < -0.3 is 15.8 Å². The molecule has 22 heavy (non-hydrogen) atoms. The van der Waals surface area contributed by atoms with E-state index in [0.717, 1.165) is 34.6 Å². The molecule has 0 aliphatic heterocycles. The Bertz CT molecular complexity index is 794. The van der Waals surface area contributed by atoms with Crippen LogP contribution in [0.5, 0.6) is 5.75 Å². The molecule has 0 aliphatic carbocycles. The van der Waals surface area contributed by atoms with Crippen molar-refractivity contribution in [1.29, 1.82) is 0 Å². The molecule has 0 saturated carbocycles. The number of rotatable bonds is 4. The zero-order chi connectivity index (χ0) is 15.5. The minimum atomic E-state index is 0.743. The van der Waals surface area contributed by atoms with Crippen molar-refractivity contribution in [2.45, 2.75) is 13.5 Å². The molecule has 0 radical (unpaired) electrons. The number of nitrogens with one attached hydrogen (secondary N) is 1. The lowest BCUT2D eigenvalue weighted by molar-refractivity contribution is 0.415. The van der Waals surface area contributed by atoms with Crippen molar-refractivity contribution in [3.8, 4) is 5.75 Å². The van der Waals surface area contributed by atoms with E-state index in [9.17, 15) is 0 Å². The zero-order valence-corrected chi connectivity index (χ0v) is 12.9. The van der Waals surface area contributed by atoms with Crippen LogP contribution in [-0.4, -0.2) is 7.11 Å². The number of anilines is 2. The highest BCUT2D eigenvalue weighted by Crippen LogP contribution is 2.28. The predicted octanol–water partition coefficient (Wildman–Crippen LogP) is 4.35. The standard InChI is InChI=1S/C19H20N2O/c1-13-15(11-14-5-3-4-6-18(14)19(13)20)12-21-16-7-9-17(22-2)10-8-16/h3-11,21H,12,20H2,1-2H3. The SMILES string of the molecule is COc1ccc(NCc2cc3ccccc3c(N)c2C)cc1. The molecule has 3 N–H and O–H groups in total. The Labute approximate surface area is 130 Å². The number of nitrogens with two attached hydrogens (primary N) is 1. The quantitative estimate of drug-likeness (QED) is 0.703. The molecule has 0 aromatic heterocycles. The monoisotopic (exact) mass is 292 g/mol. The van der Waals surface area contributed by atoms with Crippen LogP contribution < -0.4 is 15.8 Å². The fraction of sp³-hybridized carbons (Fsp3) is 0.158. The van der Waals surface area contributed by atoms with Gasteiger partial charge >= 0.3 is 0 Å². The second-order valence-electron chi connectivity index (χ2n) is 5.38. The van der Waals surface area contributed by atoms with Crippen LogP contribution in [0.4, 0.5) is 11.4 Å². The van der Waals surface area contributed by atoms with Crippen LogP contribution in [0.1, 0.15) is 11.1 Å². The number of fused-ring (bicyclic) bond motifs is 1. The molecule has 0 bridgehead atoms. The third-order valence-electron chi connectivity index (χ3n) is 4.04. The molecule has 3 nitrogen and oxygen atoms in total. The van der Waals surface area contributed by atoms with Crippen molar-refractivity contribution < 1.29 is 4.74 Å². The van der Waals surface area contributed by atoms with Crippen molar-refractivity contribution in [3.05, 3.63) is 65.7 Å². The van der Waals surface area contributed by atoms with Crippen molar-refractivity contribution >= 4 is 22.1 Å². The van der Waals surface area contributed by atoms with Crippen molar-refractivity contribution in [1.82, 2.24) is 0 Å². The second kappa shape index (κ2) is 5.98. The molecule has 0 fully saturated rings. The Hall–Kier alpha value is -2.68. The normalized spacial score (nSPS) is 10.6. The van der Waals surface area contributed by atoms with E-state index >= 15 is 0 Å². The summed E-state index contributed by atoms with van der Waals surface area (Å²) >= 11 is 0. The number of methoxy groups -OCH3 is 1. The van der Waals surface area contributed by atoms with Gasteiger partial charge in [-0.3, -0.25) is 0 Å². The van der Waals surface area contributed by atoms with E-state index in [4.69, 9.17) is 10.5 Å². The molecule has 0 amide bonds. The Morgan fingerprint density at radius 3 is 2.50 bits per heavy atom. The maximum absolute atomic E-state index is 6.28. The molecule has 0 spiro atoms. The minimum Gasteiger partial charge on any atom is -0.497 e. The molecular formula is C19H20N2O. The highest BCUT2D eigenvalue weighted by molar-refractivity contribution is 5.95. The van der Waals surface area contributed by atoms with Gasteiger partial charge in [0.25, 0.3) is 0 Å². The summed E-state index contributed by atoms with van der Waals surface area (Å²) in [4.78, 5) is 0. The number of hydrogen-bond donors (Lipinski definition) is 2. The molecule has 0 aliphatic rings. The fourth-order valence-electron chi connectivity index (χ4n) is 2.63. The third kappa shape index (κ3) is 2.70. The van der Waals surface area contributed by atoms with Gasteiger partial charge in [-0.25, -0.2) is 0 Å². The van der Waals surface area contributed by atoms with Gasteiger partial charge in [-0.15, -0.1) is 0 Å². The first-order valence-electron chi connectivity index (χ1n) is 7.33. The van der Waals surface area contributed by atoms with Crippen LogP contribution in [0.2, 0.25) is 0 Å². The molecular weight excluding hydrogens is 272 g/mol. The van der Waals surface area contributed by atoms with E-state index < -0.39 is 0 Å². The summed E-state index contributed by atoms with van der Waals surface area (Å²) < 4.78 is 5.17. The van der Waals surface area contributed by atoms with Gasteiger partial charge in [-0.2, -0.15) is 0 Å². The molecule has 0 heterocycles. The largest absolute Gasteiger partial charge is 0.497 e. The first-order chi connectivity index (χ1) is 10.7. The Balaban J connectivity index is 1.85. The molecule has 3 rings (SSSR count). The molecule has 112 valence electrons. The van der Waals surface area contributed by atoms with Crippen molar-refractivity contribution in [3.63, 3.8) is 0 Å². The van der Waals surface area contributed by atoms with E-state index in [1.165, 1.54) is 10.9 Å². The van der Waals surface area contributed by atoms with Gasteiger partial charge in [0, 0.05) is 23.3 Å². The van der Waals surface area contributed by atoms with E-state index in [1.54, 1.807) is 7.11 Å². The summed E-state index contributed by atoms with van der Waals surface area (Å²) in [7, 11) is 1.67. The van der Waals surface area contributed by atoms with Crippen LogP contribution in [0, 0.1) is 6.92 Å². The summed E-state index contributed by atoms with van der Waals surface area (Å²) in [6, 6.07) is 18.4. The maximum Gasteiger partial charge on any atom is 0.119 e. The first kappa shape index (κ1) is 14.3.